The molecule has 0 aromatic rings. The van der Waals surface area contributed by atoms with Crippen LogP contribution in [0.5, 0.6) is 0 Å². The number of aliphatic hydroxyl groups is 1. The Kier molecular flexibility index (Phi) is 2.37. The van der Waals surface area contributed by atoms with Crippen molar-refractivity contribution < 1.29 is 5.11 Å². The van der Waals surface area contributed by atoms with Gasteiger partial charge < -0.3 is 10.4 Å². The van der Waals surface area contributed by atoms with Gasteiger partial charge in [-0.3, -0.25) is 0 Å². The molecule has 1 saturated heterocycles. The molecule has 12 heavy (non-hydrogen) atoms. The van der Waals surface area contributed by atoms with Gasteiger partial charge in [-0.25, -0.2) is 0 Å². The second-order valence-electron chi connectivity index (χ2n) is 4.51. The first kappa shape index (κ1) is 8.52. The quantitative estimate of drug-likeness (QED) is 0.620. The number of hydrogen-bond acceptors (Lipinski definition) is 2. The third-order valence-electron chi connectivity index (χ3n) is 3.67. The maximum Gasteiger partial charge on any atom is 0.0584 e. The number of rotatable bonds is 1. The Labute approximate surface area is 74.4 Å². The van der Waals surface area contributed by atoms with Crippen molar-refractivity contribution in [2.45, 2.75) is 44.6 Å². The highest BCUT2D eigenvalue weighted by atomic mass is 16.3. The normalized spacial score (nSPS) is 34.2. The Balaban J connectivity index is 1.88. The molecule has 70 valence electrons. The number of hydrogen-bond donors (Lipinski definition) is 2. The van der Waals surface area contributed by atoms with Crippen LogP contribution in [-0.2, 0) is 0 Å². The molecule has 1 atom stereocenters. The van der Waals surface area contributed by atoms with E-state index in [0.29, 0.717) is 18.1 Å². The van der Waals surface area contributed by atoms with E-state index < -0.39 is 0 Å². The Morgan fingerprint density at radius 2 is 2.00 bits per heavy atom. The maximum absolute atomic E-state index is 8.96. The smallest absolute Gasteiger partial charge is 0.0584 e. The summed E-state index contributed by atoms with van der Waals surface area (Å²) in [6, 6.07) is 0.385. The number of nitrogens with one attached hydrogen (secondary N) is 1. The summed E-state index contributed by atoms with van der Waals surface area (Å²) >= 11 is 0. The highest BCUT2D eigenvalue weighted by molar-refractivity contribution is 4.92. The van der Waals surface area contributed by atoms with Crippen molar-refractivity contribution >= 4 is 0 Å². The summed E-state index contributed by atoms with van der Waals surface area (Å²) in [7, 11) is 0. The van der Waals surface area contributed by atoms with Crippen molar-refractivity contribution in [1.29, 1.82) is 0 Å². The number of piperidine rings is 1. The van der Waals surface area contributed by atoms with Gasteiger partial charge in [-0.1, -0.05) is 12.8 Å². The van der Waals surface area contributed by atoms with Crippen LogP contribution in [0.4, 0.5) is 0 Å². The molecule has 1 aliphatic carbocycles. The van der Waals surface area contributed by atoms with Crippen LogP contribution in [0.2, 0.25) is 0 Å². The molecule has 1 saturated carbocycles. The van der Waals surface area contributed by atoms with Crippen molar-refractivity contribution in [2.24, 2.45) is 5.41 Å². The molecule has 2 nitrogen and oxygen atoms in total. The Bertz CT molecular complexity index is 142. The van der Waals surface area contributed by atoms with E-state index in [-0.39, 0.29) is 0 Å². The van der Waals surface area contributed by atoms with Gasteiger partial charge in [0.25, 0.3) is 0 Å². The van der Waals surface area contributed by atoms with E-state index in [1.165, 1.54) is 38.5 Å². The van der Waals surface area contributed by atoms with E-state index >= 15 is 0 Å². The minimum Gasteiger partial charge on any atom is -0.395 e. The van der Waals surface area contributed by atoms with Crippen molar-refractivity contribution in [1.82, 2.24) is 5.32 Å². The van der Waals surface area contributed by atoms with Gasteiger partial charge >= 0.3 is 0 Å². The summed E-state index contributed by atoms with van der Waals surface area (Å²) in [4.78, 5) is 0. The van der Waals surface area contributed by atoms with E-state index in [1.807, 2.05) is 0 Å². The zero-order valence-electron chi connectivity index (χ0n) is 7.68. The summed E-state index contributed by atoms with van der Waals surface area (Å²) in [5.41, 5.74) is 0.631. The van der Waals surface area contributed by atoms with E-state index in [2.05, 4.69) is 5.32 Å². The molecule has 0 bridgehead atoms. The van der Waals surface area contributed by atoms with Crippen molar-refractivity contribution in [3.05, 3.63) is 0 Å². The van der Waals surface area contributed by atoms with Gasteiger partial charge in [-0.15, -0.1) is 0 Å². The fourth-order valence-electron chi connectivity index (χ4n) is 2.74. The van der Waals surface area contributed by atoms with Crippen LogP contribution >= 0.6 is 0 Å². The van der Waals surface area contributed by atoms with Crippen LogP contribution in [0.25, 0.3) is 0 Å². The Hall–Kier alpha value is -0.0800. The zero-order chi connectivity index (χ0) is 8.44. The first-order chi connectivity index (χ1) is 5.85. The maximum atomic E-state index is 8.96. The third kappa shape index (κ3) is 1.50. The average Bonchev–Trinajstić information content (AvgIpc) is 2.55. The Morgan fingerprint density at radius 3 is 2.50 bits per heavy atom. The van der Waals surface area contributed by atoms with Gasteiger partial charge in [0.2, 0.25) is 0 Å². The molecular formula is C10H19NO. The molecule has 2 N–H and O–H groups in total. The molecule has 2 heteroatoms. The molecule has 0 amide bonds. The first-order valence-corrected chi connectivity index (χ1v) is 5.19. The lowest BCUT2D eigenvalue weighted by Gasteiger charge is -2.37. The van der Waals surface area contributed by atoms with Gasteiger partial charge in [0.05, 0.1) is 6.61 Å². The molecule has 2 rings (SSSR count). The van der Waals surface area contributed by atoms with Gasteiger partial charge in [0.15, 0.2) is 0 Å². The van der Waals surface area contributed by atoms with Gasteiger partial charge in [-0.2, -0.15) is 0 Å². The van der Waals surface area contributed by atoms with E-state index in [4.69, 9.17) is 5.11 Å². The highest BCUT2D eigenvalue weighted by Gasteiger charge is 2.36. The van der Waals surface area contributed by atoms with Crippen LogP contribution in [0.1, 0.15) is 38.5 Å². The zero-order valence-corrected chi connectivity index (χ0v) is 7.68. The van der Waals surface area contributed by atoms with Crippen LogP contribution in [-0.4, -0.2) is 24.3 Å². The minimum atomic E-state index is 0.316. The lowest BCUT2D eigenvalue weighted by atomic mass is 9.77. The molecule has 0 aromatic heterocycles. The van der Waals surface area contributed by atoms with Crippen LogP contribution in [0, 0.1) is 5.41 Å². The van der Waals surface area contributed by atoms with Crippen LogP contribution in [0.15, 0.2) is 0 Å². The SMILES string of the molecule is OC[C@@H]1CCC2(CCCC2)CN1. The Morgan fingerprint density at radius 1 is 1.25 bits per heavy atom. The van der Waals surface area contributed by atoms with Crippen molar-refractivity contribution in [3.8, 4) is 0 Å². The second-order valence-corrected chi connectivity index (χ2v) is 4.51. The third-order valence-corrected chi connectivity index (χ3v) is 3.67. The largest absolute Gasteiger partial charge is 0.395 e. The molecule has 1 spiro atoms. The summed E-state index contributed by atoms with van der Waals surface area (Å²) in [5.74, 6) is 0. The summed E-state index contributed by atoms with van der Waals surface area (Å²) in [6.07, 6.45) is 8.19. The lowest BCUT2D eigenvalue weighted by molar-refractivity contribution is 0.141. The van der Waals surface area contributed by atoms with Crippen LogP contribution < -0.4 is 5.32 Å². The lowest BCUT2D eigenvalue weighted by Crippen LogP contribution is -2.46. The standard InChI is InChI=1S/C10H19NO/c12-7-9-3-6-10(8-11-9)4-1-2-5-10/h9,11-12H,1-8H2/t9-/m0/s1. The van der Waals surface area contributed by atoms with Crippen LogP contribution in [0.3, 0.4) is 0 Å². The molecule has 1 aliphatic heterocycles. The highest BCUT2D eigenvalue weighted by Crippen LogP contribution is 2.43. The average molecular weight is 169 g/mol. The van der Waals surface area contributed by atoms with Gasteiger partial charge in [-0.05, 0) is 31.1 Å². The monoisotopic (exact) mass is 169 g/mol. The van der Waals surface area contributed by atoms with E-state index in [1.54, 1.807) is 0 Å². The molecule has 2 fully saturated rings. The molecule has 1 heterocycles. The predicted octanol–water partition coefficient (Wildman–Crippen LogP) is 1.29. The second kappa shape index (κ2) is 3.35. The minimum absolute atomic E-state index is 0.316. The van der Waals surface area contributed by atoms with E-state index in [9.17, 15) is 0 Å². The summed E-state index contributed by atoms with van der Waals surface area (Å²) < 4.78 is 0. The molecule has 0 unspecified atom stereocenters. The summed E-state index contributed by atoms with van der Waals surface area (Å²) in [5, 5.41) is 12.4. The molecule has 0 aromatic carbocycles. The molecular weight excluding hydrogens is 150 g/mol. The predicted molar refractivity (Wildman–Crippen MR) is 49.0 cm³/mol. The fourth-order valence-corrected chi connectivity index (χ4v) is 2.74. The molecule has 2 aliphatic rings. The molecule has 0 radical (unpaired) electrons. The van der Waals surface area contributed by atoms with E-state index in [0.717, 1.165) is 6.54 Å². The van der Waals surface area contributed by atoms with Crippen molar-refractivity contribution in [2.75, 3.05) is 13.2 Å². The number of aliphatic hydroxyl groups excluding tert-OH is 1. The van der Waals surface area contributed by atoms with Gasteiger partial charge in [0.1, 0.15) is 0 Å². The topological polar surface area (TPSA) is 32.3 Å². The summed E-state index contributed by atoms with van der Waals surface area (Å²) in [6.45, 7) is 1.47. The van der Waals surface area contributed by atoms with Crippen molar-refractivity contribution in [3.63, 3.8) is 0 Å². The first-order valence-electron chi connectivity index (χ1n) is 5.19. The van der Waals surface area contributed by atoms with Gasteiger partial charge in [0, 0.05) is 12.6 Å². The fraction of sp³-hybridized carbons (Fsp3) is 1.00.